The zero-order valence-electron chi connectivity index (χ0n) is 10.2. The van der Waals surface area contributed by atoms with Gasteiger partial charge in [-0.15, -0.1) is 0 Å². The Morgan fingerprint density at radius 1 is 1.25 bits per heavy atom. The summed E-state index contributed by atoms with van der Waals surface area (Å²) in [6.07, 6.45) is 0.968. The molecule has 2 rings (SSSR count). The van der Waals surface area contributed by atoms with Crippen LogP contribution in [0.1, 0.15) is 41.5 Å². The van der Waals surface area contributed by atoms with Crippen LogP contribution in [0.3, 0.4) is 0 Å². The minimum absolute atomic E-state index is 0.374. The molecule has 0 fully saturated rings. The first kappa shape index (κ1) is 10.9. The fourth-order valence-electron chi connectivity index (χ4n) is 2.40. The fourth-order valence-corrected chi connectivity index (χ4v) is 2.40. The molecule has 0 bridgehead atoms. The Labute approximate surface area is 95.9 Å². The van der Waals surface area contributed by atoms with Gasteiger partial charge in [-0.1, -0.05) is 11.6 Å². The van der Waals surface area contributed by atoms with Gasteiger partial charge in [0.1, 0.15) is 0 Å². The third kappa shape index (κ3) is 1.45. The minimum atomic E-state index is 0.374. The van der Waals surface area contributed by atoms with Gasteiger partial charge in [-0.2, -0.15) is 0 Å². The Kier molecular flexibility index (Phi) is 2.58. The number of rotatable bonds is 2. The molecule has 0 aliphatic heterocycles. The molecular weight excluding hydrogens is 198 g/mol. The molecule has 1 aromatic carbocycles. The Morgan fingerprint density at radius 2 is 1.94 bits per heavy atom. The summed E-state index contributed by atoms with van der Waals surface area (Å²) in [4.78, 5) is 11.2. The van der Waals surface area contributed by atoms with Crippen molar-refractivity contribution in [2.45, 2.75) is 33.7 Å². The fraction of sp³-hybridized carbons (Fsp3) is 0.357. The van der Waals surface area contributed by atoms with Crippen LogP contribution >= 0.6 is 0 Å². The number of aromatic nitrogens is 1. The lowest BCUT2D eigenvalue weighted by atomic mass is 10.1. The van der Waals surface area contributed by atoms with Crippen molar-refractivity contribution in [3.05, 3.63) is 35.0 Å². The van der Waals surface area contributed by atoms with E-state index in [2.05, 4.69) is 43.5 Å². The van der Waals surface area contributed by atoms with Gasteiger partial charge in [0, 0.05) is 28.2 Å². The monoisotopic (exact) mass is 215 g/mol. The van der Waals surface area contributed by atoms with Gasteiger partial charge < -0.3 is 4.57 Å². The second-order valence-corrected chi connectivity index (χ2v) is 4.60. The number of hydrogen-bond donors (Lipinski definition) is 0. The van der Waals surface area contributed by atoms with Crippen LogP contribution in [0.15, 0.2) is 18.2 Å². The molecule has 0 aliphatic carbocycles. The lowest BCUT2D eigenvalue weighted by Crippen LogP contribution is -2.02. The van der Waals surface area contributed by atoms with Crippen molar-refractivity contribution in [1.29, 1.82) is 0 Å². The highest BCUT2D eigenvalue weighted by Crippen LogP contribution is 2.28. The highest BCUT2D eigenvalue weighted by atomic mass is 16.1. The first-order valence-corrected chi connectivity index (χ1v) is 5.62. The topological polar surface area (TPSA) is 22.0 Å². The predicted molar refractivity (Wildman–Crippen MR) is 67.2 cm³/mol. The van der Waals surface area contributed by atoms with E-state index in [0.717, 1.165) is 28.4 Å². The maximum atomic E-state index is 11.2. The molecule has 2 aromatic rings. The molecule has 0 amide bonds. The summed E-state index contributed by atoms with van der Waals surface area (Å²) < 4.78 is 2.22. The highest BCUT2D eigenvalue weighted by molar-refractivity contribution is 5.99. The van der Waals surface area contributed by atoms with Gasteiger partial charge >= 0.3 is 0 Å². The van der Waals surface area contributed by atoms with Crippen molar-refractivity contribution in [2.75, 3.05) is 0 Å². The van der Waals surface area contributed by atoms with E-state index in [-0.39, 0.29) is 0 Å². The summed E-state index contributed by atoms with van der Waals surface area (Å²) in [7, 11) is 0. The van der Waals surface area contributed by atoms with Crippen LogP contribution in [-0.4, -0.2) is 10.9 Å². The molecule has 0 radical (unpaired) electrons. The van der Waals surface area contributed by atoms with Crippen molar-refractivity contribution >= 4 is 17.2 Å². The Morgan fingerprint density at radius 3 is 2.50 bits per heavy atom. The highest BCUT2D eigenvalue weighted by Gasteiger charge is 2.14. The Balaban J connectivity index is 2.91. The summed E-state index contributed by atoms with van der Waals surface area (Å²) in [5.74, 6) is 0. The average Bonchev–Trinajstić information content (AvgIpc) is 2.49. The molecule has 0 atom stereocenters. The van der Waals surface area contributed by atoms with Crippen LogP contribution < -0.4 is 0 Å². The number of nitrogens with zero attached hydrogens (tertiary/aromatic N) is 1. The van der Waals surface area contributed by atoms with E-state index in [4.69, 9.17) is 0 Å². The number of benzene rings is 1. The summed E-state index contributed by atoms with van der Waals surface area (Å²) in [5.41, 5.74) is 4.23. The van der Waals surface area contributed by atoms with Gasteiger partial charge in [0.05, 0.1) is 0 Å². The van der Waals surface area contributed by atoms with Crippen molar-refractivity contribution in [3.63, 3.8) is 0 Å². The Hall–Kier alpha value is -1.57. The maximum absolute atomic E-state index is 11.2. The van der Waals surface area contributed by atoms with Crippen LogP contribution in [0.4, 0.5) is 0 Å². The van der Waals surface area contributed by atoms with Crippen molar-refractivity contribution < 1.29 is 4.79 Å². The van der Waals surface area contributed by atoms with E-state index in [9.17, 15) is 4.79 Å². The van der Waals surface area contributed by atoms with Gasteiger partial charge in [0.25, 0.3) is 0 Å². The quantitative estimate of drug-likeness (QED) is 0.701. The van der Waals surface area contributed by atoms with Crippen LogP contribution in [0, 0.1) is 13.8 Å². The number of aryl methyl sites for hydroxylation is 1. The van der Waals surface area contributed by atoms with Gasteiger partial charge in [0.2, 0.25) is 0 Å². The molecule has 1 aromatic heterocycles. The second-order valence-electron chi connectivity index (χ2n) is 4.60. The number of aldehydes is 1. The molecular formula is C14H17NO. The number of fused-ring (bicyclic) bond motifs is 1. The summed E-state index contributed by atoms with van der Waals surface area (Å²) in [5, 5.41) is 1.07. The van der Waals surface area contributed by atoms with Crippen molar-refractivity contribution in [3.8, 4) is 0 Å². The molecule has 0 N–H and O–H groups in total. The first-order chi connectivity index (χ1) is 7.56. The smallest absolute Gasteiger partial charge is 0.152 e. The van der Waals surface area contributed by atoms with Crippen molar-refractivity contribution in [1.82, 2.24) is 4.57 Å². The number of carbonyl (C=O) groups excluding carboxylic acids is 1. The molecule has 0 spiro atoms. The van der Waals surface area contributed by atoms with E-state index in [1.165, 1.54) is 5.56 Å². The molecule has 2 nitrogen and oxygen atoms in total. The normalized spacial score (nSPS) is 11.3. The lowest BCUT2D eigenvalue weighted by molar-refractivity contribution is 0.112. The van der Waals surface area contributed by atoms with E-state index >= 15 is 0 Å². The molecule has 0 saturated carbocycles. The first-order valence-electron chi connectivity index (χ1n) is 5.62. The molecule has 84 valence electrons. The molecule has 0 unspecified atom stereocenters. The minimum Gasteiger partial charge on any atom is -0.342 e. The van der Waals surface area contributed by atoms with E-state index < -0.39 is 0 Å². The molecule has 2 heteroatoms. The van der Waals surface area contributed by atoms with Gasteiger partial charge in [-0.3, -0.25) is 4.79 Å². The Bertz CT molecular complexity index is 549. The van der Waals surface area contributed by atoms with E-state index in [0.29, 0.717) is 6.04 Å². The van der Waals surface area contributed by atoms with Crippen LogP contribution in [0.5, 0.6) is 0 Å². The van der Waals surface area contributed by atoms with E-state index in [1.807, 2.05) is 6.92 Å². The zero-order valence-corrected chi connectivity index (χ0v) is 10.2. The van der Waals surface area contributed by atoms with Crippen LogP contribution in [-0.2, 0) is 0 Å². The second kappa shape index (κ2) is 3.78. The zero-order chi connectivity index (χ0) is 11.9. The van der Waals surface area contributed by atoms with Crippen LogP contribution in [0.25, 0.3) is 10.9 Å². The molecule has 0 aliphatic rings. The largest absolute Gasteiger partial charge is 0.342 e. The average molecular weight is 215 g/mol. The standard InChI is InChI=1S/C14H17NO/c1-9(2)15-11(4)13(8-16)12-7-10(3)5-6-14(12)15/h5-9H,1-4H3. The molecule has 0 saturated heterocycles. The van der Waals surface area contributed by atoms with Crippen molar-refractivity contribution in [2.24, 2.45) is 0 Å². The summed E-state index contributed by atoms with van der Waals surface area (Å²) >= 11 is 0. The third-order valence-electron chi connectivity index (χ3n) is 3.09. The number of hydrogen-bond acceptors (Lipinski definition) is 1. The summed E-state index contributed by atoms with van der Waals surface area (Å²) in [6.45, 7) is 8.34. The SMILES string of the molecule is Cc1ccc2c(c1)c(C=O)c(C)n2C(C)C. The third-order valence-corrected chi connectivity index (χ3v) is 3.09. The molecule has 16 heavy (non-hydrogen) atoms. The predicted octanol–water partition coefficient (Wildman–Crippen LogP) is 3.65. The maximum Gasteiger partial charge on any atom is 0.152 e. The number of carbonyl (C=O) groups is 1. The van der Waals surface area contributed by atoms with Gasteiger partial charge in [-0.25, -0.2) is 0 Å². The summed E-state index contributed by atoms with van der Waals surface area (Å²) in [6, 6.07) is 6.66. The van der Waals surface area contributed by atoms with Gasteiger partial charge in [-0.05, 0) is 39.8 Å². The van der Waals surface area contributed by atoms with E-state index in [1.54, 1.807) is 0 Å². The van der Waals surface area contributed by atoms with Crippen LogP contribution in [0.2, 0.25) is 0 Å². The lowest BCUT2D eigenvalue weighted by Gasteiger charge is -2.12. The molecule has 1 heterocycles. The van der Waals surface area contributed by atoms with Gasteiger partial charge in [0.15, 0.2) is 6.29 Å².